The minimum atomic E-state index is -0.308. The molecule has 1 aromatic heterocycles. The van der Waals surface area contributed by atoms with Gasteiger partial charge in [-0.2, -0.15) is 0 Å². The molecule has 2 rings (SSSR count). The summed E-state index contributed by atoms with van der Waals surface area (Å²) in [7, 11) is 0. The van der Waals surface area contributed by atoms with Gasteiger partial charge in [0, 0.05) is 12.6 Å². The molecule has 8 heteroatoms. The lowest BCUT2D eigenvalue weighted by Crippen LogP contribution is -2.31. The number of rotatable bonds is 9. The number of carbonyl (C=O) groups is 2. The van der Waals surface area contributed by atoms with Gasteiger partial charge in [-0.1, -0.05) is 37.1 Å². The van der Waals surface area contributed by atoms with E-state index in [1.165, 1.54) is 18.2 Å². The van der Waals surface area contributed by atoms with Crippen LogP contribution in [0, 0.1) is 0 Å². The Morgan fingerprint density at radius 3 is 2.77 bits per heavy atom. The zero-order valence-corrected chi connectivity index (χ0v) is 16.4. The van der Waals surface area contributed by atoms with Crippen LogP contribution in [0.25, 0.3) is 0 Å². The molecule has 1 atom stereocenters. The topological polar surface area (TPSA) is 86.1 Å². The minimum Gasteiger partial charge on any atom is -0.466 e. The summed E-state index contributed by atoms with van der Waals surface area (Å²) in [6.07, 6.45) is 7.38. The van der Waals surface area contributed by atoms with Gasteiger partial charge in [-0.05, 0) is 26.7 Å². The van der Waals surface area contributed by atoms with Gasteiger partial charge in [-0.3, -0.25) is 9.59 Å². The van der Waals surface area contributed by atoms with Crippen molar-refractivity contribution in [2.45, 2.75) is 68.8 Å². The Labute approximate surface area is 159 Å². The van der Waals surface area contributed by atoms with Gasteiger partial charge in [0.1, 0.15) is 12.2 Å². The molecule has 1 aliphatic carbocycles. The zero-order chi connectivity index (χ0) is 18.9. The Morgan fingerprint density at radius 2 is 2.12 bits per heavy atom. The average Bonchev–Trinajstić information content (AvgIpc) is 3.02. The fourth-order valence-electron chi connectivity index (χ4n) is 3.08. The van der Waals surface area contributed by atoms with E-state index in [0.717, 1.165) is 25.7 Å². The second-order valence-electron chi connectivity index (χ2n) is 6.34. The summed E-state index contributed by atoms with van der Waals surface area (Å²) in [5, 5.41) is 11.7. The molecule has 0 aromatic carbocycles. The van der Waals surface area contributed by atoms with Crippen LogP contribution >= 0.6 is 11.8 Å². The molecule has 1 aliphatic rings. The first-order valence-corrected chi connectivity index (χ1v) is 10.1. The molecule has 1 fully saturated rings. The number of esters is 1. The lowest BCUT2D eigenvalue weighted by molar-refractivity contribution is -0.142. The number of carbonyl (C=O) groups excluding carboxylic acids is 2. The first-order valence-electron chi connectivity index (χ1n) is 9.21. The summed E-state index contributed by atoms with van der Waals surface area (Å²) in [5.41, 5.74) is 0. The van der Waals surface area contributed by atoms with Crippen LogP contribution in [0.5, 0.6) is 0 Å². The van der Waals surface area contributed by atoms with Crippen molar-refractivity contribution in [3.63, 3.8) is 0 Å². The van der Waals surface area contributed by atoms with Crippen LogP contribution in [0.1, 0.15) is 57.8 Å². The highest BCUT2D eigenvalue weighted by Gasteiger charge is 2.26. The number of thioether (sulfide) groups is 1. The van der Waals surface area contributed by atoms with E-state index in [9.17, 15) is 9.59 Å². The second kappa shape index (κ2) is 10.4. The van der Waals surface area contributed by atoms with E-state index >= 15 is 0 Å². The van der Waals surface area contributed by atoms with Gasteiger partial charge in [-0.15, -0.1) is 16.8 Å². The molecule has 26 heavy (non-hydrogen) atoms. The molecule has 0 unspecified atom stereocenters. The Morgan fingerprint density at radius 1 is 1.38 bits per heavy atom. The average molecular weight is 381 g/mol. The third kappa shape index (κ3) is 5.59. The highest BCUT2D eigenvalue weighted by atomic mass is 32.2. The Balaban J connectivity index is 2.18. The lowest BCUT2D eigenvalue weighted by Gasteiger charge is -2.26. The quantitative estimate of drug-likeness (QED) is 0.403. The van der Waals surface area contributed by atoms with Gasteiger partial charge in [0.15, 0.2) is 5.16 Å². The van der Waals surface area contributed by atoms with Crippen LogP contribution in [0.15, 0.2) is 17.8 Å². The Bertz CT molecular complexity index is 626. The fraction of sp³-hybridized carbons (Fsp3) is 0.667. The summed E-state index contributed by atoms with van der Waals surface area (Å²) in [5.74, 6) is 0.252. The molecular weight excluding hydrogens is 352 g/mol. The van der Waals surface area contributed by atoms with Crippen LogP contribution in [-0.2, 0) is 20.7 Å². The van der Waals surface area contributed by atoms with E-state index in [4.69, 9.17) is 4.74 Å². The van der Waals surface area contributed by atoms with Crippen LogP contribution in [0.2, 0.25) is 0 Å². The molecule has 0 saturated heterocycles. The van der Waals surface area contributed by atoms with E-state index in [1.807, 2.05) is 6.92 Å². The smallest absolute Gasteiger partial charge is 0.313 e. The number of hydrogen-bond donors (Lipinski definition) is 1. The molecule has 144 valence electrons. The maximum atomic E-state index is 12.2. The SMILES string of the molecule is C=CCNC(=O)[C@@H](C)Sc1nnc(CC(=O)OCC)n1C1CCCCC1. The maximum absolute atomic E-state index is 12.2. The van der Waals surface area contributed by atoms with E-state index in [0.29, 0.717) is 24.1 Å². The largest absolute Gasteiger partial charge is 0.466 e. The number of aromatic nitrogens is 3. The number of hydrogen-bond acceptors (Lipinski definition) is 6. The van der Waals surface area contributed by atoms with Gasteiger partial charge in [0.05, 0.1) is 11.9 Å². The van der Waals surface area contributed by atoms with Crippen molar-refractivity contribution in [2.75, 3.05) is 13.2 Å². The molecule has 1 saturated carbocycles. The Hall–Kier alpha value is -1.83. The molecule has 1 heterocycles. The minimum absolute atomic E-state index is 0.0694. The fourth-order valence-corrected chi connectivity index (χ4v) is 4.05. The van der Waals surface area contributed by atoms with Crippen molar-refractivity contribution in [3.8, 4) is 0 Å². The van der Waals surface area contributed by atoms with Crippen molar-refractivity contribution >= 4 is 23.6 Å². The molecule has 0 bridgehead atoms. The zero-order valence-electron chi connectivity index (χ0n) is 15.6. The molecular formula is C18H28N4O3S. The molecule has 7 nitrogen and oxygen atoms in total. The van der Waals surface area contributed by atoms with Gasteiger partial charge in [0.25, 0.3) is 0 Å². The van der Waals surface area contributed by atoms with Crippen molar-refractivity contribution in [1.29, 1.82) is 0 Å². The van der Waals surface area contributed by atoms with Gasteiger partial charge < -0.3 is 14.6 Å². The summed E-state index contributed by atoms with van der Waals surface area (Å²) in [6, 6.07) is 0.272. The van der Waals surface area contributed by atoms with E-state index in [-0.39, 0.29) is 29.6 Å². The summed E-state index contributed by atoms with van der Waals surface area (Å²) >= 11 is 1.37. The van der Waals surface area contributed by atoms with Crippen molar-refractivity contribution in [2.24, 2.45) is 0 Å². The molecule has 1 N–H and O–H groups in total. The molecule has 0 aliphatic heterocycles. The van der Waals surface area contributed by atoms with Crippen LogP contribution in [0.4, 0.5) is 0 Å². The summed E-state index contributed by atoms with van der Waals surface area (Å²) in [4.78, 5) is 24.1. The number of amides is 1. The Kier molecular flexibility index (Phi) is 8.15. The summed E-state index contributed by atoms with van der Waals surface area (Å²) in [6.45, 7) is 8.02. The third-order valence-corrected chi connectivity index (χ3v) is 5.41. The van der Waals surface area contributed by atoms with Gasteiger partial charge >= 0.3 is 5.97 Å². The van der Waals surface area contributed by atoms with E-state index < -0.39 is 0 Å². The van der Waals surface area contributed by atoms with Crippen molar-refractivity contribution < 1.29 is 14.3 Å². The standard InChI is InChI=1S/C18H28N4O3S/c1-4-11-19-17(24)13(3)26-18-21-20-15(12-16(23)25-5-2)22(18)14-9-7-6-8-10-14/h4,13-14H,1,5-12H2,2-3H3,(H,19,24)/t13-/m1/s1. The second-order valence-corrected chi connectivity index (χ2v) is 7.64. The molecule has 1 aromatic rings. The van der Waals surface area contributed by atoms with Gasteiger partial charge in [-0.25, -0.2) is 0 Å². The van der Waals surface area contributed by atoms with E-state index in [1.54, 1.807) is 13.0 Å². The highest BCUT2D eigenvalue weighted by Crippen LogP contribution is 2.34. The first-order chi connectivity index (χ1) is 12.6. The number of nitrogens with one attached hydrogen (secondary N) is 1. The number of ether oxygens (including phenoxy) is 1. The predicted octanol–water partition coefficient (Wildman–Crippen LogP) is 2.67. The number of nitrogens with zero attached hydrogens (tertiary/aromatic N) is 3. The summed E-state index contributed by atoms with van der Waals surface area (Å²) < 4.78 is 7.11. The van der Waals surface area contributed by atoms with Crippen LogP contribution < -0.4 is 5.32 Å². The first kappa shape index (κ1) is 20.5. The normalized spacial score (nSPS) is 16.1. The van der Waals surface area contributed by atoms with Crippen molar-refractivity contribution in [3.05, 3.63) is 18.5 Å². The van der Waals surface area contributed by atoms with Crippen LogP contribution in [0.3, 0.4) is 0 Å². The lowest BCUT2D eigenvalue weighted by atomic mass is 9.95. The highest BCUT2D eigenvalue weighted by molar-refractivity contribution is 8.00. The molecule has 0 spiro atoms. The monoisotopic (exact) mass is 380 g/mol. The molecule has 0 radical (unpaired) electrons. The van der Waals surface area contributed by atoms with Gasteiger partial charge in [0.2, 0.25) is 5.91 Å². The third-order valence-electron chi connectivity index (χ3n) is 4.35. The molecule has 1 amide bonds. The van der Waals surface area contributed by atoms with Crippen molar-refractivity contribution in [1.82, 2.24) is 20.1 Å². The predicted molar refractivity (Wildman–Crippen MR) is 101 cm³/mol. The van der Waals surface area contributed by atoms with E-state index in [2.05, 4.69) is 26.7 Å². The van der Waals surface area contributed by atoms with Crippen LogP contribution in [-0.4, -0.2) is 45.0 Å². The maximum Gasteiger partial charge on any atom is 0.313 e.